The molecule has 8 N–H and O–H groups in total. The predicted octanol–water partition coefficient (Wildman–Crippen LogP) is 3.87. The van der Waals surface area contributed by atoms with E-state index in [1.807, 2.05) is 6.07 Å². The van der Waals surface area contributed by atoms with Crippen LogP contribution in [0.5, 0.6) is 0 Å². The van der Waals surface area contributed by atoms with Gasteiger partial charge in [0, 0.05) is 37.3 Å². The third-order valence-corrected chi connectivity index (χ3v) is 13.5. The van der Waals surface area contributed by atoms with Crippen molar-refractivity contribution in [1.29, 1.82) is 0 Å². The number of carboxylic acids is 1. The smallest absolute Gasteiger partial charge is 0.335 e. The minimum absolute atomic E-state index is 0.0612. The number of rotatable bonds is 15. The molecule has 0 aliphatic heterocycles. The highest BCUT2D eigenvalue weighted by Crippen LogP contribution is 2.71. The summed E-state index contributed by atoms with van der Waals surface area (Å²) in [5.74, 6) is -1.44. The van der Waals surface area contributed by atoms with Crippen LogP contribution in [0.25, 0.3) is 0 Å². The molecule has 0 saturated heterocycles. The number of unbranched alkanes of at least 4 members (excludes halogenated alkanes) is 3. The average molecular weight is 715 g/mol. The second-order valence-electron chi connectivity index (χ2n) is 16.2. The molecule has 1 amide bonds. The molecule has 1 aromatic heterocycles. The van der Waals surface area contributed by atoms with Crippen molar-refractivity contribution in [2.24, 2.45) is 39.1 Å². The van der Waals surface area contributed by atoms with Crippen molar-refractivity contribution in [3.63, 3.8) is 0 Å². The topological polar surface area (TPSA) is 228 Å². The zero-order chi connectivity index (χ0) is 37.0. The van der Waals surface area contributed by atoms with Crippen LogP contribution in [-0.4, -0.2) is 69.0 Å². The molecule has 4 saturated carbocycles. The van der Waals surface area contributed by atoms with Crippen LogP contribution in [0.1, 0.15) is 134 Å². The van der Waals surface area contributed by atoms with Gasteiger partial charge in [0.2, 0.25) is 5.91 Å². The second kappa shape index (κ2) is 15.7. The molecule has 9 atom stereocenters. The number of nitrogens with zero attached hydrogens (tertiary/aromatic N) is 1. The molecule has 0 aromatic carbocycles. The Bertz CT molecular complexity index is 1490. The first-order valence-corrected chi connectivity index (χ1v) is 18.9. The molecule has 13 nitrogen and oxygen atoms in total. The molecular weight excluding hydrogens is 656 g/mol. The van der Waals surface area contributed by atoms with Gasteiger partial charge in [-0.25, -0.2) is 9.59 Å². The Morgan fingerprint density at radius 1 is 0.941 bits per heavy atom. The van der Waals surface area contributed by atoms with E-state index in [0.29, 0.717) is 57.9 Å². The number of fused-ring (bicyclic) bond motifs is 5. The van der Waals surface area contributed by atoms with Crippen LogP contribution in [0.4, 0.5) is 0 Å². The summed E-state index contributed by atoms with van der Waals surface area (Å²) in [6, 6.07) is 2.31. The first-order chi connectivity index (χ1) is 24.1. The van der Waals surface area contributed by atoms with Crippen LogP contribution < -0.4 is 22.4 Å². The molecule has 284 valence electrons. The molecule has 1 aromatic rings. The van der Waals surface area contributed by atoms with Gasteiger partial charge in [-0.1, -0.05) is 26.7 Å². The van der Waals surface area contributed by atoms with Gasteiger partial charge < -0.3 is 41.3 Å². The standard InChI is InChI=1S/C38H58N4O9/c1-35-17-13-25(51-32(45)10-6-4-3-5-9-30(43)42-29(33(46)47)8-7-21-41-34(39)40)22-37(35,48)19-15-28-27(35)14-18-36(2)26(16-20-38(28,36)49)24-11-12-31(44)50-23-24/h11-12,23,25-29,48-49H,3-10,13-22H2,1-2H3,(H,42,43)(H,46,47)(H4,39,40,41). The van der Waals surface area contributed by atoms with E-state index < -0.39 is 28.6 Å². The number of hydrogen-bond donors (Lipinski definition) is 6. The number of carbonyl (C=O) groups excluding carboxylic acids is 2. The Morgan fingerprint density at radius 3 is 2.33 bits per heavy atom. The van der Waals surface area contributed by atoms with E-state index in [0.717, 1.165) is 44.1 Å². The molecule has 1 heterocycles. The minimum Gasteiger partial charge on any atom is -0.480 e. The summed E-state index contributed by atoms with van der Waals surface area (Å²) in [5, 5.41) is 36.6. The van der Waals surface area contributed by atoms with Crippen molar-refractivity contribution < 1.29 is 38.9 Å². The largest absolute Gasteiger partial charge is 0.480 e. The lowest BCUT2D eigenvalue weighted by Gasteiger charge is -2.66. The van der Waals surface area contributed by atoms with Crippen LogP contribution in [0, 0.1) is 22.7 Å². The van der Waals surface area contributed by atoms with Crippen LogP contribution in [-0.2, 0) is 19.1 Å². The van der Waals surface area contributed by atoms with E-state index in [9.17, 15) is 34.5 Å². The van der Waals surface area contributed by atoms with E-state index in [1.165, 1.54) is 6.07 Å². The van der Waals surface area contributed by atoms with Gasteiger partial charge in [0.25, 0.3) is 0 Å². The van der Waals surface area contributed by atoms with Gasteiger partial charge in [-0.15, -0.1) is 0 Å². The second-order valence-corrected chi connectivity index (χ2v) is 16.2. The summed E-state index contributed by atoms with van der Waals surface area (Å²) in [4.78, 5) is 52.0. The number of guanidine groups is 1. The van der Waals surface area contributed by atoms with Gasteiger partial charge >= 0.3 is 17.6 Å². The number of nitrogens with two attached hydrogens (primary N) is 2. The Hall–Kier alpha value is -3.45. The monoisotopic (exact) mass is 714 g/mol. The van der Waals surface area contributed by atoms with E-state index in [2.05, 4.69) is 24.2 Å². The zero-order valence-corrected chi connectivity index (χ0v) is 30.2. The number of aliphatic hydroxyl groups is 2. The Kier molecular flexibility index (Phi) is 11.9. The van der Waals surface area contributed by atoms with E-state index in [-0.39, 0.29) is 72.0 Å². The summed E-state index contributed by atoms with van der Waals surface area (Å²) in [6.07, 6.45) is 11.3. The number of esters is 1. The summed E-state index contributed by atoms with van der Waals surface area (Å²) in [6.45, 7) is 4.67. The Balaban J connectivity index is 1.05. The maximum atomic E-state index is 12.8. The lowest BCUT2D eigenvalue weighted by molar-refractivity contribution is -0.255. The fourth-order valence-electron chi connectivity index (χ4n) is 10.6. The number of hydrogen-bond acceptors (Lipinski definition) is 9. The van der Waals surface area contributed by atoms with Gasteiger partial charge in [0.15, 0.2) is 5.96 Å². The summed E-state index contributed by atoms with van der Waals surface area (Å²) >= 11 is 0. The summed E-state index contributed by atoms with van der Waals surface area (Å²) in [5.41, 5.74) is 8.56. The van der Waals surface area contributed by atoms with E-state index in [1.54, 1.807) is 6.26 Å². The van der Waals surface area contributed by atoms with Crippen molar-refractivity contribution in [3.05, 3.63) is 34.4 Å². The number of nitrogens with one attached hydrogen (secondary N) is 1. The fourth-order valence-corrected chi connectivity index (χ4v) is 10.6. The zero-order valence-electron chi connectivity index (χ0n) is 30.2. The Labute approximate surface area is 300 Å². The molecule has 51 heavy (non-hydrogen) atoms. The van der Waals surface area contributed by atoms with Crippen LogP contribution in [0.2, 0.25) is 0 Å². The van der Waals surface area contributed by atoms with Crippen molar-refractivity contribution in [2.75, 3.05) is 6.54 Å². The molecule has 0 spiro atoms. The first kappa shape index (κ1) is 38.8. The number of carboxylic acid groups (broad SMARTS) is 1. The summed E-state index contributed by atoms with van der Waals surface area (Å²) in [7, 11) is 0. The molecule has 0 radical (unpaired) electrons. The number of amides is 1. The number of carbonyl (C=O) groups is 3. The van der Waals surface area contributed by atoms with Gasteiger partial charge in [0.05, 0.1) is 17.5 Å². The highest BCUT2D eigenvalue weighted by Gasteiger charge is 2.70. The fraction of sp³-hybridized carbons (Fsp3) is 0.763. The van der Waals surface area contributed by atoms with Gasteiger partial charge in [-0.3, -0.25) is 14.6 Å². The van der Waals surface area contributed by atoms with Gasteiger partial charge in [-0.2, -0.15) is 0 Å². The molecule has 9 unspecified atom stereocenters. The third-order valence-electron chi connectivity index (χ3n) is 13.5. The lowest BCUT2D eigenvalue weighted by Crippen LogP contribution is -2.67. The lowest BCUT2D eigenvalue weighted by atomic mass is 9.42. The van der Waals surface area contributed by atoms with E-state index >= 15 is 0 Å². The van der Waals surface area contributed by atoms with Crippen LogP contribution >= 0.6 is 0 Å². The molecule has 4 aliphatic rings. The summed E-state index contributed by atoms with van der Waals surface area (Å²) < 4.78 is 11.1. The highest BCUT2D eigenvalue weighted by molar-refractivity contribution is 5.83. The molecular formula is C38H58N4O9. The van der Waals surface area contributed by atoms with Crippen LogP contribution in [0.3, 0.4) is 0 Å². The SMILES string of the molecule is CC12CCC(OC(=O)CCCCCCC(=O)NC(CCCN=C(N)N)C(=O)O)CC1(O)CCC1C2CCC2(C)C(c3ccc(=O)oc3)CCC12O. The van der Waals surface area contributed by atoms with Gasteiger partial charge in [0.1, 0.15) is 12.1 Å². The molecule has 0 bridgehead atoms. The molecule has 13 heteroatoms. The maximum absolute atomic E-state index is 12.8. The normalized spacial score (nSPS) is 34.7. The number of ether oxygens (including phenoxy) is 1. The molecule has 5 rings (SSSR count). The Morgan fingerprint density at radius 2 is 1.65 bits per heavy atom. The predicted molar refractivity (Wildman–Crippen MR) is 189 cm³/mol. The quantitative estimate of drug-likeness (QED) is 0.0661. The van der Waals surface area contributed by atoms with Crippen molar-refractivity contribution in [3.8, 4) is 0 Å². The van der Waals surface area contributed by atoms with Gasteiger partial charge in [-0.05, 0) is 112 Å². The first-order valence-electron chi connectivity index (χ1n) is 18.9. The molecule has 4 fully saturated rings. The van der Waals surface area contributed by atoms with Crippen LogP contribution in [0.15, 0.2) is 32.6 Å². The van der Waals surface area contributed by atoms with Crippen molar-refractivity contribution in [1.82, 2.24) is 5.32 Å². The average Bonchev–Trinajstić information content (AvgIpc) is 3.35. The third kappa shape index (κ3) is 7.99. The van der Waals surface area contributed by atoms with E-state index in [4.69, 9.17) is 20.6 Å². The maximum Gasteiger partial charge on any atom is 0.335 e. The minimum atomic E-state index is -1.10. The molecule has 4 aliphatic carbocycles. The van der Waals surface area contributed by atoms with Crippen molar-refractivity contribution >= 4 is 23.8 Å². The number of aliphatic imine (C=N–C) groups is 1. The number of aliphatic carboxylic acids is 1. The highest BCUT2D eigenvalue weighted by atomic mass is 16.5. The van der Waals surface area contributed by atoms with Crippen molar-refractivity contribution in [2.45, 2.75) is 152 Å².